The topological polar surface area (TPSA) is 67.8 Å². The predicted molar refractivity (Wildman–Crippen MR) is 216 cm³/mol. The van der Waals surface area contributed by atoms with Gasteiger partial charge < -0.3 is 19.9 Å². The van der Waals surface area contributed by atoms with Gasteiger partial charge in [-0.2, -0.15) is 0 Å². The molecule has 1 aliphatic heterocycles. The first-order valence-electron chi connectivity index (χ1n) is 22.2. The van der Waals surface area contributed by atoms with Gasteiger partial charge in [-0.05, 0) is 44.9 Å². The zero-order valence-electron chi connectivity index (χ0n) is 33.5. The summed E-state index contributed by atoms with van der Waals surface area (Å²) in [5.74, 6) is 0.0971. The number of rotatable bonds is 37. The number of carbonyl (C=O) groups excluding carboxylic acids is 1. The van der Waals surface area contributed by atoms with E-state index in [1.54, 1.807) is 0 Å². The minimum Gasteiger partial charge on any atom is -0.396 e. The van der Waals surface area contributed by atoms with Gasteiger partial charge in [-0.15, -0.1) is 0 Å². The van der Waals surface area contributed by atoms with Crippen molar-refractivity contribution in [3.63, 3.8) is 0 Å². The molecule has 0 aromatic carbocycles. The van der Waals surface area contributed by atoms with E-state index in [0.29, 0.717) is 19.4 Å². The van der Waals surface area contributed by atoms with E-state index in [0.717, 1.165) is 19.3 Å². The van der Waals surface area contributed by atoms with E-state index < -0.39 is 6.29 Å². The fourth-order valence-corrected chi connectivity index (χ4v) is 7.03. The first-order chi connectivity index (χ1) is 24.7. The van der Waals surface area contributed by atoms with E-state index >= 15 is 0 Å². The molecule has 0 aromatic heterocycles. The van der Waals surface area contributed by atoms with Crippen molar-refractivity contribution in [3.8, 4) is 0 Å². The van der Waals surface area contributed by atoms with Crippen molar-refractivity contribution in [2.24, 2.45) is 0 Å². The minimum atomic E-state index is -0.406. The molecule has 0 radical (unpaired) electrons. The van der Waals surface area contributed by atoms with Crippen LogP contribution in [-0.4, -0.2) is 42.7 Å². The monoisotopic (exact) mass is 704 g/mol. The molecule has 0 aliphatic carbocycles. The molecule has 5 heteroatoms. The maximum Gasteiger partial charge on any atom is 0.220 e. The molecule has 2 N–H and O–H groups in total. The van der Waals surface area contributed by atoms with Crippen LogP contribution in [0.2, 0.25) is 0 Å². The highest BCUT2D eigenvalue weighted by Crippen LogP contribution is 2.19. The Morgan fingerprint density at radius 3 is 1.42 bits per heavy atom. The molecule has 0 bridgehead atoms. The van der Waals surface area contributed by atoms with Crippen LogP contribution >= 0.6 is 0 Å². The molecule has 1 fully saturated rings. The van der Waals surface area contributed by atoms with Crippen LogP contribution in [0.4, 0.5) is 0 Å². The van der Waals surface area contributed by atoms with Crippen LogP contribution in [0.25, 0.3) is 0 Å². The molecule has 1 heterocycles. The summed E-state index contributed by atoms with van der Waals surface area (Å²) in [4.78, 5) is 12.8. The second-order valence-corrected chi connectivity index (χ2v) is 15.3. The SMILES string of the molecule is CCCCCCCC/C=C\CCCCCCCCCCCCCC(=O)N[C@H]1COC(CCO)O[C@@H]1/C=C/CCCCCCCCCCCCC. The number of ether oxygens (including phenoxy) is 2. The number of hydrogen-bond acceptors (Lipinski definition) is 4. The van der Waals surface area contributed by atoms with E-state index in [9.17, 15) is 9.90 Å². The van der Waals surface area contributed by atoms with Gasteiger partial charge in [0.25, 0.3) is 0 Å². The Balaban J connectivity index is 2.04. The number of allylic oxidation sites excluding steroid dienone is 3. The molecule has 3 atom stereocenters. The van der Waals surface area contributed by atoms with Crippen LogP contribution in [0.15, 0.2) is 24.3 Å². The van der Waals surface area contributed by atoms with Gasteiger partial charge in [0.1, 0.15) is 6.10 Å². The third-order valence-electron chi connectivity index (χ3n) is 10.3. The number of carbonyl (C=O) groups is 1. The van der Waals surface area contributed by atoms with Gasteiger partial charge >= 0.3 is 0 Å². The van der Waals surface area contributed by atoms with Gasteiger partial charge in [-0.25, -0.2) is 0 Å². The quantitative estimate of drug-likeness (QED) is 0.0499. The lowest BCUT2D eigenvalue weighted by Gasteiger charge is -2.35. The minimum absolute atomic E-state index is 0.0361. The van der Waals surface area contributed by atoms with Crippen LogP contribution < -0.4 is 5.32 Å². The molecule has 1 rings (SSSR count). The number of unbranched alkanes of at least 4 members (excludes halogenated alkanes) is 28. The second-order valence-electron chi connectivity index (χ2n) is 15.3. The van der Waals surface area contributed by atoms with Crippen molar-refractivity contribution < 1.29 is 19.4 Å². The Morgan fingerprint density at radius 1 is 0.580 bits per heavy atom. The highest BCUT2D eigenvalue weighted by molar-refractivity contribution is 5.76. The summed E-state index contributed by atoms with van der Waals surface area (Å²) in [6, 6.07) is -0.169. The molecule has 1 saturated heterocycles. The van der Waals surface area contributed by atoms with Crippen LogP contribution in [0.1, 0.15) is 226 Å². The molecule has 0 spiro atoms. The molecular formula is C45H85NO4. The lowest BCUT2D eigenvalue weighted by atomic mass is 10.0. The Hall–Kier alpha value is -1.17. The second kappa shape index (κ2) is 37.6. The summed E-state index contributed by atoms with van der Waals surface area (Å²) in [7, 11) is 0. The summed E-state index contributed by atoms with van der Waals surface area (Å²) in [5, 5.41) is 12.5. The first-order valence-corrected chi connectivity index (χ1v) is 22.2. The van der Waals surface area contributed by atoms with Crippen LogP contribution in [0.5, 0.6) is 0 Å². The lowest BCUT2D eigenvalue weighted by molar-refractivity contribution is -0.217. The van der Waals surface area contributed by atoms with Crippen LogP contribution in [0, 0.1) is 0 Å². The van der Waals surface area contributed by atoms with Gasteiger partial charge in [-0.3, -0.25) is 4.79 Å². The molecule has 1 aliphatic rings. The number of aliphatic hydroxyl groups excluding tert-OH is 1. The number of amides is 1. The summed E-state index contributed by atoms with van der Waals surface area (Å²) in [6.45, 7) is 5.03. The van der Waals surface area contributed by atoms with Gasteiger partial charge in [0.05, 0.1) is 12.6 Å². The van der Waals surface area contributed by atoms with Crippen LogP contribution in [0.3, 0.4) is 0 Å². The van der Waals surface area contributed by atoms with E-state index in [1.165, 1.54) is 180 Å². The zero-order chi connectivity index (χ0) is 36.0. The van der Waals surface area contributed by atoms with Crippen molar-refractivity contribution in [1.29, 1.82) is 0 Å². The largest absolute Gasteiger partial charge is 0.396 e. The van der Waals surface area contributed by atoms with Crippen molar-refractivity contribution in [2.45, 2.75) is 244 Å². The van der Waals surface area contributed by atoms with Gasteiger partial charge in [0.15, 0.2) is 6.29 Å². The van der Waals surface area contributed by atoms with Crippen LogP contribution in [-0.2, 0) is 14.3 Å². The normalized spacial score (nSPS) is 18.1. The maximum atomic E-state index is 12.8. The standard InChI is InChI=1S/C45H85NO4/c1-3-5-7-9-11-13-15-17-18-19-20-21-22-23-24-26-28-30-32-34-36-38-44(48)46-42-41-49-45(39-40-47)50-43(42)37-35-33-31-29-27-25-16-14-12-10-8-6-4-2/h17-18,35,37,42-43,45,47H,3-16,19-34,36,38-41H2,1-2H3,(H,46,48)/b18-17-,37-35+/t42-,43+,45?/m0/s1. The number of aliphatic hydroxyl groups is 1. The maximum absolute atomic E-state index is 12.8. The summed E-state index contributed by atoms with van der Waals surface area (Å²) in [5.41, 5.74) is 0. The molecular weight excluding hydrogens is 618 g/mol. The fourth-order valence-electron chi connectivity index (χ4n) is 7.03. The third-order valence-corrected chi connectivity index (χ3v) is 10.3. The average Bonchev–Trinajstić information content (AvgIpc) is 3.12. The summed E-state index contributed by atoms with van der Waals surface area (Å²) >= 11 is 0. The van der Waals surface area contributed by atoms with Gasteiger partial charge in [0.2, 0.25) is 5.91 Å². The zero-order valence-corrected chi connectivity index (χ0v) is 33.5. The van der Waals surface area contributed by atoms with Crippen molar-refractivity contribution in [1.82, 2.24) is 5.32 Å². The molecule has 0 saturated carbocycles. The first kappa shape index (κ1) is 46.9. The summed E-state index contributed by atoms with van der Waals surface area (Å²) in [6.07, 6.45) is 50.5. The molecule has 0 aromatic rings. The van der Waals surface area contributed by atoms with Crippen molar-refractivity contribution >= 4 is 5.91 Å². The third kappa shape index (κ3) is 30.5. The number of nitrogens with one attached hydrogen (secondary N) is 1. The van der Waals surface area contributed by atoms with E-state index in [-0.39, 0.29) is 24.7 Å². The van der Waals surface area contributed by atoms with Crippen molar-refractivity contribution in [2.75, 3.05) is 13.2 Å². The lowest BCUT2D eigenvalue weighted by Crippen LogP contribution is -2.52. The molecule has 50 heavy (non-hydrogen) atoms. The summed E-state index contributed by atoms with van der Waals surface area (Å²) < 4.78 is 11.9. The molecule has 294 valence electrons. The van der Waals surface area contributed by atoms with Crippen molar-refractivity contribution in [3.05, 3.63) is 24.3 Å². The molecule has 1 unspecified atom stereocenters. The predicted octanol–water partition coefficient (Wildman–Crippen LogP) is 13.2. The van der Waals surface area contributed by atoms with E-state index in [2.05, 4.69) is 43.5 Å². The Morgan fingerprint density at radius 2 is 0.980 bits per heavy atom. The highest BCUT2D eigenvalue weighted by Gasteiger charge is 2.31. The fraction of sp³-hybridized carbons (Fsp3) is 0.889. The average molecular weight is 704 g/mol. The Labute approximate surface area is 311 Å². The molecule has 5 nitrogen and oxygen atoms in total. The van der Waals surface area contributed by atoms with Gasteiger partial charge in [0, 0.05) is 19.4 Å². The number of hydrogen-bond donors (Lipinski definition) is 2. The Kier molecular flexibility index (Phi) is 35.2. The molecule has 1 amide bonds. The highest BCUT2D eigenvalue weighted by atomic mass is 16.7. The van der Waals surface area contributed by atoms with E-state index in [4.69, 9.17) is 9.47 Å². The smallest absolute Gasteiger partial charge is 0.220 e. The van der Waals surface area contributed by atoms with E-state index in [1.807, 2.05) is 0 Å². The Bertz CT molecular complexity index is 768. The van der Waals surface area contributed by atoms with Gasteiger partial charge in [-0.1, -0.05) is 192 Å².